The number of hydrogen-bond acceptors (Lipinski definition) is 4. The summed E-state index contributed by atoms with van der Waals surface area (Å²) in [7, 11) is 0. The number of ketones is 1. The van der Waals surface area contributed by atoms with Gasteiger partial charge in [-0.2, -0.15) is 0 Å². The Hall–Kier alpha value is -2.69. The van der Waals surface area contributed by atoms with Crippen molar-refractivity contribution in [2.24, 2.45) is 0 Å². The smallest absolute Gasteiger partial charge is 0.314 e. The number of carbonyl (C=O) groups is 2. The Labute approximate surface area is 153 Å². The summed E-state index contributed by atoms with van der Waals surface area (Å²) in [5.41, 5.74) is 2.09. The van der Waals surface area contributed by atoms with Crippen LogP contribution in [0, 0.1) is 0 Å². The van der Waals surface area contributed by atoms with Crippen molar-refractivity contribution in [3.05, 3.63) is 63.6 Å². The zero-order valence-electron chi connectivity index (χ0n) is 15.9. The summed E-state index contributed by atoms with van der Waals surface area (Å²) in [5.74, 6) is -1.03. The summed E-state index contributed by atoms with van der Waals surface area (Å²) in [4.78, 5) is 37.3. The largest absolute Gasteiger partial charge is 0.465 e. The van der Waals surface area contributed by atoms with E-state index in [-0.39, 0.29) is 23.9 Å². The van der Waals surface area contributed by atoms with Crippen molar-refractivity contribution in [1.29, 1.82) is 0 Å². The van der Waals surface area contributed by atoms with Gasteiger partial charge in [-0.1, -0.05) is 32.0 Å². The number of carbonyl (C=O) groups excluding carboxylic acids is 2. The number of hydrogen-bond donors (Lipinski definition) is 0. The zero-order chi connectivity index (χ0) is 19.4. The fourth-order valence-electron chi connectivity index (χ4n) is 3.10. The second-order valence-corrected chi connectivity index (χ2v) is 6.55. The average molecular weight is 355 g/mol. The number of rotatable bonds is 6. The minimum absolute atomic E-state index is 0.116. The summed E-state index contributed by atoms with van der Waals surface area (Å²) < 4.78 is 6.56. The Kier molecular flexibility index (Phi) is 6.14. The molecule has 0 aliphatic heterocycles. The van der Waals surface area contributed by atoms with Crippen molar-refractivity contribution >= 4 is 11.8 Å². The van der Waals surface area contributed by atoms with Gasteiger partial charge in [-0.15, -0.1) is 0 Å². The third-order valence-electron chi connectivity index (χ3n) is 4.36. The molecule has 138 valence electrons. The third-order valence-corrected chi connectivity index (χ3v) is 4.36. The van der Waals surface area contributed by atoms with Crippen LogP contribution in [0.25, 0.3) is 5.69 Å². The highest BCUT2D eigenvalue weighted by Gasteiger charge is 2.24. The number of Topliss-reactive ketones (excluding diaryl/α,β-unsaturated/α-hetero) is 1. The highest BCUT2D eigenvalue weighted by molar-refractivity contribution is 5.99. The molecule has 1 heterocycles. The standard InChI is InChI=1S/C21H25NO4/c1-6-26-21(25)14(4)17-10-8-12-19(24)22(17)18-11-7-9-16(13(2)3)20(18)15(5)23/h7-14H,6H2,1-5H3. The molecule has 0 spiro atoms. The van der Waals surface area contributed by atoms with E-state index >= 15 is 0 Å². The Morgan fingerprint density at radius 3 is 2.31 bits per heavy atom. The maximum Gasteiger partial charge on any atom is 0.314 e. The van der Waals surface area contributed by atoms with E-state index in [1.165, 1.54) is 17.6 Å². The summed E-state index contributed by atoms with van der Waals surface area (Å²) in [5, 5.41) is 0. The van der Waals surface area contributed by atoms with Gasteiger partial charge in [0.1, 0.15) is 0 Å². The van der Waals surface area contributed by atoms with Crippen LogP contribution in [0.2, 0.25) is 0 Å². The minimum atomic E-state index is -0.633. The monoisotopic (exact) mass is 355 g/mol. The van der Waals surface area contributed by atoms with Gasteiger partial charge in [-0.05, 0) is 44.4 Å². The molecule has 0 aliphatic carbocycles. The van der Waals surface area contributed by atoms with Crippen LogP contribution in [0.1, 0.15) is 68.1 Å². The average Bonchev–Trinajstić information content (AvgIpc) is 2.60. The van der Waals surface area contributed by atoms with E-state index in [1.54, 1.807) is 32.0 Å². The van der Waals surface area contributed by atoms with Crippen LogP contribution in [0.3, 0.4) is 0 Å². The van der Waals surface area contributed by atoms with Crippen LogP contribution in [0.4, 0.5) is 0 Å². The molecular weight excluding hydrogens is 330 g/mol. The first-order valence-electron chi connectivity index (χ1n) is 8.82. The van der Waals surface area contributed by atoms with Crippen molar-refractivity contribution < 1.29 is 14.3 Å². The number of esters is 1. The lowest BCUT2D eigenvalue weighted by atomic mass is 9.93. The number of nitrogens with zero attached hydrogens (tertiary/aromatic N) is 1. The van der Waals surface area contributed by atoms with E-state index in [0.717, 1.165) is 5.56 Å². The van der Waals surface area contributed by atoms with Gasteiger partial charge < -0.3 is 4.74 Å². The van der Waals surface area contributed by atoms with Gasteiger partial charge in [-0.3, -0.25) is 19.0 Å². The van der Waals surface area contributed by atoms with E-state index in [1.807, 2.05) is 26.0 Å². The first kappa shape index (κ1) is 19.6. The molecule has 2 rings (SSSR count). The van der Waals surface area contributed by atoms with Gasteiger partial charge >= 0.3 is 5.97 Å². The lowest BCUT2D eigenvalue weighted by Gasteiger charge is -2.21. The molecule has 1 atom stereocenters. The van der Waals surface area contributed by atoms with Crippen molar-refractivity contribution in [3.8, 4) is 5.69 Å². The molecule has 0 aliphatic rings. The molecule has 5 heteroatoms. The SMILES string of the molecule is CCOC(=O)C(C)c1cccc(=O)n1-c1cccc(C(C)C)c1C(C)=O. The molecule has 0 bridgehead atoms. The lowest BCUT2D eigenvalue weighted by molar-refractivity contribution is -0.144. The lowest BCUT2D eigenvalue weighted by Crippen LogP contribution is -2.27. The van der Waals surface area contributed by atoms with Crippen molar-refractivity contribution in [1.82, 2.24) is 4.57 Å². The molecule has 5 nitrogen and oxygen atoms in total. The summed E-state index contributed by atoms with van der Waals surface area (Å²) in [6, 6.07) is 10.2. The van der Waals surface area contributed by atoms with Gasteiger partial charge in [0, 0.05) is 17.3 Å². The molecule has 0 radical (unpaired) electrons. The van der Waals surface area contributed by atoms with Crippen molar-refractivity contribution in [2.45, 2.75) is 46.5 Å². The van der Waals surface area contributed by atoms with Crippen molar-refractivity contribution in [3.63, 3.8) is 0 Å². The Morgan fingerprint density at radius 2 is 1.73 bits per heavy atom. The Balaban J connectivity index is 2.78. The molecule has 1 unspecified atom stereocenters. The number of benzene rings is 1. The minimum Gasteiger partial charge on any atom is -0.465 e. The first-order chi connectivity index (χ1) is 12.3. The first-order valence-corrected chi connectivity index (χ1v) is 8.82. The van der Waals surface area contributed by atoms with E-state index in [0.29, 0.717) is 16.9 Å². The van der Waals surface area contributed by atoms with Gasteiger partial charge in [0.05, 0.1) is 18.2 Å². The van der Waals surface area contributed by atoms with Crippen molar-refractivity contribution in [2.75, 3.05) is 6.61 Å². The molecule has 0 fully saturated rings. The molecule has 0 N–H and O–H groups in total. The van der Waals surface area contributed by atoms with E-state index in [2.05, 4.69) is 0 Å². The molecule has 0 saturated heterocycles. The molecule has 0 saturated carbocycles. The predicted molar refractivity (Wildman–Crippen MR) is 101 cm³/mol. The summed E-state index contributed by atoms with van der Waals surface area (Å²) in [6.07, 6.45) is 0. The van der Waals surface area contributed by atoms with Gasteiger partial charge in [0.2, 0.25) is 0 Å². The number of pyridine rings is 1. The molecule has 1 aromatic carbocycles. The highest BCUT2D eigenvalue weighted by Crippen LogP contribution is 2.28. The van der Waals surface area contributed by atoms with Crippen LogP contribution in [0.15, 0.2) is 41.2 Å². The van der Waals surface area contributed by atoms with Crippen LogP contribution in [-0.2, 0) is 9.53 Å². The summed E-state index contributed by atoms with van der Waals surface area (Å²) in [6.45, 7) is 9.20. The fraction of sp³-hybridized carbons (Fsp3) is 0.381. The van der Waals surface area contributed by atoms with Crippen LogP contribution >= 0.6 is 0 Å². The van der Waals surface area contributed by atoms with E-state index in [4.69, 9.17) is 4.74 Å². The quantitative estimate of drug-likeness (QED) is 0.583. The third kappa shape index (κ3) is 3.77. The van der Waals surface area contributed by atoms with Crippen LogP contribution in [0.5, 0.6) is 0 Å². The van der Waals surface area contributed by atoms with Gasteiger partial charge in [-0.25, -0.2) is 0 Å². The fourth-order valence-corrected chi connectivity index (χ4v) is 3.10. The maximum atomic E-state index is 12.7. The van der Waals surface area contributed by atoms with Gasteiger partial charge in [0.15, 0.2) is 5.78 Å². The zero-order valence-corrected chi connectivity index (χ0v) is 15.9. The Bertz CT molecular complexity index is 880. The number of aromatic nitrogens is 1. The second-order valence-electron chi connectivity index (χ2n) is 6.55. The second kappa shape index (κ2) is 8.13. The van der Waals surface area contributed by atoms with E-state index < -0.39 is 11.9 Å². The molecule has 1 aromatic heterocycles. The predicted octanol–water partition coefficient (Wildman–Crippen LogP) is 3.83. The molecular formula is C21H25NO4. The molecule has 26 heavy (non-hydrogen) atoms. The Morgan fingerprint density at radius 1 is 1.08 bits per heavy atom. The summed E-state index contributed by atoms with van der Waals surface area (Å²) >= 11 is 0. The topological polar surface area (TPSA) is 65.4 Å². The van der Waals surface area contributed by atoms with Crippen LogP contribution in [-0.4, -0.2) is 22.9 Å². The molecule has 2 aromatic rings. The van der Waals surface area contributed by atoms with Crippen LogP contribution < -0.4 is 5.56 Å². The molecule has 0 amide bonds. The normalized spacial score (nSPS) is 12.1. The van der Waals surface area contributed by atoms with Gasteiger partial charge in [0.25, 0.3) is 5.56 Å². The van der Waals surface area contributed by atoms with E-state index in [9.17, 15) is 14.4 Å². The number of ether oxygens (including phenoxy) is 1. The maximum absolute atomic E-state index is 12.7. The highest BCUT2D eigenvalue weighted by atomic mass is 16.5.